The molecule has 0 spiro atoms. The lowest BCUT2D eigenvalue weighted by Crippen LogP contribution is -2.60. The highest BCUT2D eigenvalue weighted by Gasteiger charge is 2.38. The molecule has 1 aliphatic carbocycles. The van der Waals surface area contributed by atoms with Crippen molar-refractivity contribution in [3.63, 3.8) is 0 Å². The Bertz CT molecular complexity index is 654. The number of rotatable bonds is 6. The zero-order valence-corrected chi connectivity index (χ0v) is 18.6. The van der Waals surface area contributed by atoms with Crippen molar-refractivity contribution in [1.29, 1.82) is 0 Å². The van der Waals surface area contributed by atoms with Crippen molar-refractivity contribution in [3.05, 3.63) is 11.7 Å². The minimum atomic E-state index is -0.150. The van der Waals surface area contributed by atoms with Crippen LogP contribution in [-0.2, 0) is 16.7 Å². The van der Waals surface area contributed by atoms with Crippen LogP contribution in [0.5, 0.6) is 0 Å². The largest absolute Gasteiger partial charge is 0.379 e. The van der Waals surface area contributed by atoms with E-state index in [1.54, 1.807) is 0 Å². The summed E-state index contributed by atoms with van der Waals surface area (Å²) in [6.07, 6.45) is 6.41. The maximum Gasteiger partial charge on any atom is 0.232 e. The fourth-order valence-corrected chi connectivity index (χ4v) is 4.21. The zero-order valence-electron chi connectivity index (χ0n) is 18.6. The van der Waals surface area contributed by atoms with E-state index in [0.717, 1.165) is 45.4 Å². The van der Waals surface area contributed by atoms with Crippen LogP contribution in [-0.4, -0.2) is 65.9 Å². The molecule has 0 amide bonds. The number of aromatic nitrogens is 2. The first kappa shape index (κ1) is 22.0. The Morgan fingerprint density at radius 2 is 1.86 bits per heavy atom. The molecule has 1 aliphatic heterocycles. The average Bonchev–Trinajstić information content (AvgIpc) is 3.21. The predicted octanol–water partition coefficient (Wildman–Crippen LogP) is 2.46. The van der Waals surface area contributed by atoms with E-state index < -0.39 is 0 Å². The highest BCUT2D eigenvalue weighted by molar-refractivity contribution is 5.79. The average molecular weight is 407 g/mol. The van der Waals surface area contributed by atoms with Gasteiger partial charge in [0.25, 0.3) is 0 Å². The van der Waals surface area contributed by atoms with Crippen LogP contribution in [0.1, 0.15) is 71.5 Å². The van der Waals surface area contributed by atoms with E-state index in [1.165, 1.54) is 32.1 Å². The number of hydrogen-bond acceptors (Lipinski definition) is 6. The lowest BCUT2D eigenvalue weighted by atomic mass is 9.80. The minimum Gasteiger partial charge on any atom is -0.379 e. The Hall–Kier alpha value is -1.67. The molecule has 1 saturated carbocycles. The van der Waals surface area contributed by atoms with E-state index >= 15 is 0 Å². The van der Waals surface area contributed by atoms with E-state index in [4.69, 9.17) is 14.3 Å². The molecule has 29 heavy (non-hydrogen) atoms. The van der Waals surface area contributed by atoms with Gasteiger partial charge in [0, 0.05) is 37.1 Å². The van der Waals surface area contributed by atoms with Crippen molar-refractivity contribution in [3.8, 4) is 0 Å². The highest BCUT2D eigenvalue weighted by Crippen LogP contribution is 2.33. The van der Waals surface area contributed by atoms with Crippen molar-refractivity contribution in [2.45, 2.75) is 77.3 Å². The molecule has 2 N–H and O–H groups in total. The van der Waals surface area contributed by atoms with Gasteiger partial charge in [-0.3, -0.25) is 4.90 Å². The van der Waals surface area contributed by atoms with E-state index in [0.29, 0.717) is 18.3 Å². The molecule has 0 aromatic carbocycles. The van der Waals surface area contributed by atoms with Crippen LogP contribution < -0.4 is 10.6 Å². The smallest absolute Gasteiger partial charge is 0.232 e. The first-order valence-electron chi connectivity index (χ1n) is 11.1. The van der Waals surface area contributed by atoms with Crippen molar-refractivity contribution in [1.82, 2.24) is 25.7 Å². The van der Waals surface area contributed by atoms with Crippen LogP contribution in [0.25, 0.3) is 0 Å². The molecular weight excluding hydrogens is 368 g/mol. The molecular formula is C21H38N6O2. The second-order valence-electron chi connectivity index (χ2n) is 9.20. The molecule has 1 aromatic rings. The van der Waals surface area contributed by atoms with Crippen LogP contribution >= 0.6 is 0 Å². The fraction of sp³-hybridized carbons (Fsp3) is 0.857. The van der Waals surface area contributed by atoms with Crippen LogP contribution in [0.4, 0.5) is 0 Å². The molecule has 8 nitrogen and oxygen atoms in total. The maximum absolute atomic E-state index is 5.59. The molecule has 2 aliphatic rings. The van der Waals surface area contributed by atoms with E-state index in [-0.39, 0.29) is 11.0 Å². The first-order chi connectivity index (χ1) is 13.9. The standard InChI is InChI=1S/C21H38N6O2/c1-5-22-19(23-15-17-25-18(29-26-17)20(2,3)4)24-16-21(9-7-6-8-10-21)27-11-13-28-14-12-27/h5-16H2,1-4H3,(H2,22,23,24). The number of aliphatic imine (C=N–C) groups is 1. The van der Waals surface area contributed by atoms with E-state index in [9.17, 15) is 0 Å². The van der Waals surface area contributed by atoms with Gasteiger partial charge in [0.2, 0.25) is 5.89 Å². The predicted molar refractivity (Wildman–Crippen MR) is 114 cm³/mol. The van der Waals surface area contributed by atoms with Crippen molar-refractivity contribution >= 4 is 5.96 Å². The van der Waals surface area contributed by atoms with Gasteiger partial charge in [-0.15, -0.1) is 0 Å². The number of guanidine groups is 1. The summed E-state index contributed by atoms with van der Waals surface area (Å²) in [7, 11) is 0. The summed E-state index contributed by atoms with van der Waals surface area (Å²) in [6.45, 7) is 14.1. The number of ether oxygens (including phenoxy) is 1. The van der Waals surface area contributed by atoms with Crippen molar-refractivity contribution in [2.75, 3.05) is 39.4 Å². The topological polar surface area (TPSA) is 87.8 Å². The third kappa shape index (κ3) is 5.92. The van der Waals surface area contributed by atoms with Gasteiger partial charge >= 0.3 is 0 Å². The Morgan fingerprint density at radius 3 is 2.48 bits per heavy atom. The third-order valence-electron chi connectivity index (χ3n) is 5.88. The van der Waals surface area contributed by atoms with Gasteiger partial charge in [-0.1, -0.05) is 45.2 Å². The van der Waals surface area contributed by atoms with Gasteiger partial charge < -0.3 is 19.9 Å². The normalized spacial score (nSPS) is 21.2. The lowest BCUT2D eigenvalue weighted by molar-refractivity contribution is -0.0352. The number of nitrogens with one attached hydrogen (secondary N) is 2. The quantitative estimate of drug-likeness (QED) is 0.554. The van der Waals surface area contributed by atoms with Gasteiger partial charge in [0.1, 0.15) is 6.54 Å². The summed E-state index contributed by atoms with van der Waals surface area (Å²) in [5.41, 5.74) is 0.0486. The second kappa shape index (κ2) is 9.89. The second-order valence-corrected chi connectivity index (χ2v) is 9.20. The summed E-state index contributed by atoms with van der Waals surface area (Å²) >= 11 is 0. The summed E-state index contributed by atoms with van der Waals surface area (Å²) in [4.78, 5) is 11.8. The van der Waals surface area contributed by atoms with Crippen molar-refractivity contribution in [2.24, 2.45) is 4.99 Å². The van der Waals surface area contributed by atoms with Crippen LogP contribution in [0, 0.1) is 0 Å². The fourth-order valence-electron chi connectivity index (χ4n) is 4.21. The molecule has 0 atom stereocenters. The molecule has 164 valence electrons. The van der Waals surface area contributed by atoms with Crippen LogP contribution in [0.3, 0.4) is 0 Å². The minimum absolute atomic E-state index is 0.150. The van der Waals surface area contributed by atoms with Gasteiger partial charge in [-0.05, 0) is 19.8 Å². The zero-order chi connectivity index (χ0) is 20.7. The van der Waals surface area contributed by atoms with Crippen molar-refractivity contribution < 1.29 is 9.26 Å². The molecule has 2 fully saturated rings. The highest BCUT2D eigenvalue weighted by atomic mass is 16.5. The molecule has 8 heteroatoms. The van der Waals surface area contributed by atoms with Gasteiger partial charge in [0.05, 0.1) is 13.2 Å². The Balaban J connectivity index is 1.65. The molecule has 0 unspecified atom stereocenters. The monoisotopic (exact) mass is 406 g/mol. The lowest BCUT2D eigenvalue weighted by Gasteiger charge is -2.48. The molecule has 0 radical (unpaired) electrons. The molecule has 1 aromatic heterocycles. The summed E-state index contributed by atoms with van der Waals surface area (Å²) in [5.74, 6) is 2.08. The Morgan fingerprint density at radius 1 is 1.14 bits per heavy atom. The third-order valence-corrected chi connectivity index (χ3v) is 5.88. The molecule has 3 rings (SSSR count). The van der Waals surface area contributed by atoms with Gasteiger partial charge in [-0.25, -0.2) is 4.99 Å². The molecule has 1 saturated heterocycles. The number of morpholine rings is 1. The van der Waals surface area contributed by atoms with Gasteiger partial charge in [0.15, 0.2) is 11.8 Å². The summed E-state index contributed by atoms with van der Waals surface area (Å²) < 4.78 is 11.0. The van der Waals surface area contributed by atoms with E-state index in [1.807, 2.05) is 0 Å². The molecule has 2 heterocycles. The van der Waals surface area contributed by atoms with Crippen LogP contribution in [0.2, 0.25) is 0 Å². The Kier molecular flexibility index (Phi) is 7.51. The summed E-state index contributed by atoms with van der Waals surface area (Å²) in [5, 5.41) is 11.0. The summed E-state index contributed by atoms with van der Waals surface area (Å²) in [6, 6.07) is 0. The van der Waals surface area contributed by atoms with Gasteiger partial charge in [-0.2, -0.15) is 4.98 Å². The number of hydrogen-bond donors (Lipinski definition) is 2. The van der Waals surface area contributed by atoms with Crippen LogP contribution in [0.15, 0.2) is 9.52 Å². The number of nitrogens with zero attached hydrogens (tertiary/aromatic N) is 4. The molecule has 0 bridgehead atoms. The first-order valence-corrected chi connectivity index (χ1v) is 11.1. The SMILES string of the molecule is CCNC(=NCc1noc(C(C)(C)C)n1)NCC1(N2CCOCC2)CCCCC1. The Labute approximate surface area is 174 Å². The maximum atomic E-state index is 5.59. The van der Waals surface area contributed by atoms with E-state index in [2.05, 4.69) is 53.4 Å².